The van der Waals surface area contributed by atoms with Crippen molar-refractivity contribution >= 4 is 15.9 Å². The van der Waals surface area contributed by atoms with Crippen LogP contribution in [-0.2, 0) is 27.8 Å². The van der Waals surface area contributed by atoms with Crippen LogP contribution in [0.2, 0.25) is 0 Å². The van der Waals surface area contributed by atoms with Crippen LogP contribution in [0.3, 0.4) is 0 Å². The Balaban J connectivity index is 2.32. The third-order valence-electron chi connectivity index (χ3n) is 3.30. The van der Waals surface area contributed by atoms with Crippen molar-refractivity contribution in [3.8, 4) is 0 Å². The normalized spacial score (nSPS) is 15.7. The second-order valence-electron chi connectivity index (χ2n) is 4.61. The minimum Gasteiger partial charge on any atom is -0.330 e. The maximum Gasteiger partial charge on any atom is 0.471 e. The number of fused-ring (bicyclic) bond motifs is 1. The molecule has 2 rings (SSSR count). The van der Waals surface area contributed by atoms with E-state index >= 15 is 0 Å². The van der Waals surface area contributed by atoms with Crippen molar-refractivity contribution in [2.24, 2.45) is 0 Å². The van der Waals surface area contributed by atoms with Crippen LogP contribution in [0.5, 0.6) is 0 Å². The van der Waals surface area contributed by atoms with E-state index in [0.717, 1.165) is 5.56 Å². The number of hydrogen-bond acceptors (Lipinski definition) is 3. The Bertz CT molecular complexity index is 671. The lowest BCUT2D eigenvalue weighted by atomic mass is 10.00. The summed E-state index contributed by atoms with van der Waals surface area (Å²) in [6.45, 7) is -0.287. The van der Waals surface area contributed by atoms with Gasteiger partial charge in [-0.1, -0.05) is 6.07 Å². The van der Waals surface area contributed by atoms with Crippen molar-refractivity contribution < 1.29 is 26.4 Å². The van der Waals surface area contributed by atoms with Crippen LogP contribution in [-0.4, -0.2) is 39.0 Å². The largest absolute Gasteiger partial charge is 0.471 e. The van der Waals surface area contributed by atoms with E-state index in [1.807, 2.05) is 0 Å². The minimum absolute atomic E-state index is 0.0370. The second kappa shape index (κ2) is 5.30. The van der Waals surface area contributed by atoms with Crippen molar-refractivity contribution in [3.05, 3.63) is 29.3 Å². The molecule has 0 saturated carbocycles. The first kappa shape index (κ1) is 15.8. The zero-order chi connectivity index (χ0) is 15.8. The molecule has 1 aromatic rings. The summed E-state index contributed by atoms with van der Waals surface area (Å²) in [4.78, 5) is 11.9. The highest BCUT2D eigenvalue weighted by Gasteiger charge is 2.43. The second-order valence-corrected chi connectivity index (χ2v) is 6.50. The van der Waals surface area contributed by atoms with E-state index in [0.29, 0.717) is 10.5 Å². The molecular weight excluding hydrogens is 309 g/mol. The number of alkyl halides is 3. The molecule has 1 N–H and O–H groups in total. The third kappa shape index (κ3) is 3.18. The molecule has 0 aromatic heterocycles. The van der Waals surface area contributed by atoms with E-state index < -0.39 is 22.1 Å². The fraction of sp³-hybridized carbons (Fsp3) is 0.417. The fourth-order valence-electron chi connectivity index (χ4n) is 2.17. The van der Waals surface area contributed by atoms with Crippen LogP contribution in [0.25, 0.3) is 0 Å². The van der Waals surface area contributed by atoms with Gasteiger partial charge in [0.25, 0.3) is 0 Å². The van der Waals surface area contributed by atoms with Crippen molar-refractivity contribution in [1.82, 2.24) is 9.62 Å². The number of halogens is 3. The first-order chi connectivity index (χ1) is 9.65. The van der Waals surface area contributed by atoms with Crippen molar-refractivity contribution in [3.63, 3.8) is 0 Å². The lowest BCUT2D eigenvalue weighted by Crippen LogP contribution is -2.43. The van der Waals surface area contributed by atoms with E-state index in [9.17, 15) is 26.4 Å². The van der Waals surface area contributed by atoms with Crippen LogP contribution in [0.1, 0.15) is 11.1 Å². The van der Waals surface area contributed by atoms with E-state index in [1.165, 1.54) is 19.2 Å². The van der Waals surface area contributed by atoms with Crippen LogP contribution in [0.15, 0.2) is 23.1 Å². The molecule has 1 amide bonds. The van der Waals surface area contributed by atoms with Gasteiger partial charge < -0.3 is 4.90 Å². The zero-order valence-electron chi connectivity index (χ0n) is 11.1. The third-order valence-corrected chi connectivity index (χ3v) is 4.71. The number of carbonyl (C=O) groups excluding carboxylic acids is 1. The van der Waals surface area contributed by atoms with Crippen molar-refractivity contribution in [2.75, 3.05) is 13.6 Å². The van der Waals surface area contributed by atoms with Crippen molar-refractivity contribution in [1.29, 1.82) is 0 Å². The zero-order valence-corrected chi connectivity index (χ0v) is 11.9. The molecule has 9 heteroatoms. The molecule has 0 radical (unpaired) electrons. The Labute approximate surface area is 119 Å². The molecule has 1 heterocycles. The molecule has 1 aliphatic heterocycles. The molecule has 0 spiro atoms. The monoisotopic (exact) mass is 322 g/mol. The van der Waals surface area contributed by atoms with Crippen LogP contribution in [0.4, 0.5) is 13.2 Å². The minimum atomic E-state index is -4.92. The Morgan fingerprint density at radius 2 is 1.95 bits per heavy atom. The molecule has 0 saturated heterocycles. The number of amides is 1. The molecule has 5 nitrogen and oxygen atoms in total. The van der Waals surface area contributed by atoms with Crippen LogP contribution in [0, 0.1) is 0 Å². The fourth-order valence-corrected chi connectivity index (χ4v) is 2.95. The Morgan fingerprint density at radius 3 is 2.52 bits per heavy atom. The average molecular weight is 322 g/mol. The molecule has 116 valence electrons. The average Bonchev–Trinajstić information content (AvgIpc) is 2.44. The van der Waals surface area contributed by atoms with Gasteiger partial charge in [0.15, 0.2) is 0 Å². The number of hydrogen-bond donors (Lipinski definition) is 1. The SMILES string of the molecule is CNS(=O)(=O)c1ccc2c(c1)CN(C(=O)C(F)(F)F)CC2. The predicted molar refractivity (Wildman–Crippen MR) is 67.9 cm³/mol. The maximum absolute atomic E-state index is 12.4. The number of nitrogens with zero attached hydrogens (tertiary/aromatic N) is 1. The quantitative estimate of drug-likeness (QED) is 0.885. The molecule has 1 aliphatic rings. The lowest BCUT2D eigenvalue weighted by Gasteiger charge is -2.29. The number of sulfonamides is 1. The number of carbonyl (C=O) groups is 1. The summed E-state index contributed by atoms with van der Waals surface area (Å²) >= 11 is 0. The van der Waals surface area contributed by atoms with Gasteiger partial charge in [0, 0.05) is 13.1 Å². The van der Waals surface area contributed by atoms with Gasteiger partial charge in [-0.15, -0.1) is 0 Å². The van der Waals surface area contributed by atoms with E-state index in [-0.39, 0.29) is 24.4 Å². The molecule has 1 aromatic carbocycles. The van der Waals surface area contributed by atoms with Gasteiger partial charge in [-0.25, -0.2) is 13.1 Å². The molecule has 0 fully saturated rings. The Morgan fingerprint density at radius 1 is 1.29 bits per heavy atom. The lowest BCUT2D eigenvalue weighted by molar-refractivity contribution is -0.186. The maximum atomic E-state index is 12.4. The van der Waals surface area contributed by atoms with Crippen LogP contribution >= 0.6 is 0 Å². The highest BCUT2D eigenvalue weighted by Crippen LogP contribution is 2.26. The van der Waals surface area contributed by atoms with Gasteiger partial charge in [-0.05, 0) is 36.7 Å². The number of benzene rings is 1. The summed E-state index contributed by atoms with van der Waals surface area (Å²) in [5.74, 6) is -1.91. The summed E-state index contributed by atoms with van der Waals surface area (Å²) in [7, 11) is -2.43. The Kier molecular flexibility index (Phi) is 3.98. The highest BCUT2D eigenvalue weighted by atomic mass is 32.2. The standard InChI is InChI=1S/C12H13F3N2O3S/c1-16-21(19,20)10-3-2-8-4-5-17(7-9(8)6-10)11(18)12(13,14)15/h2-3,6,16H,4-5,7H2,1H3. The van der Waals surface area contributed by atoms with Gasteiger partial charge in [0.1, 0.15) is 0 Å². The van der Waals surface area contributed by atoms with Gasteiger partial charge in [-0.2, -0.15) is 13.2 Å². The molecule has 0 aliphatic carbocycles. The smallest absolute Gasteiger partial charge is 0.330 e. The predicted octanol–water partition coefficient (Wildman–Crippen LogP) is 1.04. The first-order valence-electron chi connectivity index (χ1n) is 6.06. The van der Waals surface area contributed by atoms with Crippen molar-refractivity contribution in [2.45, 2.75) is 24.0 Å². The van der Waals surface area contributed by atoms with Gasteiger partial charge >= 0.3 is 12.1 Å². The Hall–Kier alpha value is -1.61. The van der Waals surface area contributed by atoms with Gasteiger partial charge in [0.05, 0.1) is 4.90 Å². The summed E-state index contributed by atoms with van der Waals surface area (Å²) in [6, 6.07) is 4.26. The molecule has 0 unspecified atom stereocenters. The number of nitrogens with one attached hydrogen (secondary N) is 1. The summed E-state index contributed by atoms with van der Waals surface area (Å²) in [5.41, 5.74) is 1.16. The van der Waals surface area contributed by atoms with E-state index in [4.69, 9.17) is 0 Å². The highest BCUT2D eigenvalue weighted by molar-refractivity contribution is 7.89. The summed E-state index contributed by atoms with van der Waals surface area (Å²) < 4.78 is 62.8. The summed E-state index contributed by atoms with van der Waals surface area (Å²) in [5, 5.41) is 0. The summed E-state index contributed by atoms with van der Waals surface area (Å²) in [6.07, 6.45) is -4.66. The van der Waals surface area contributed by atoms with Crippen LogP contribution < -0.4 is 4.72 Å². The van der Waals surface area contributed by atoms with E-state index in [1.54, 1.807) is 6.07 Å². The molecular formula is C12H13F3N2O3S. The van der Waals surface area contributed by atoms with Gasteiger partial charge in [-0.3, -0.25) is 4.79 Å². The topological polar surface area (TPSA) is 66.5 Å². The number of rotatable bonds is 2. The molecule has 0 bridgehead atoms. The van der Waals surface area contributed by atoms with E-state index in [2.05, 4.69) is 4.72 Å². The first-order valence-corrected chi connectivity index (χ1v) is 7.55. The molecule has 21 heavy (non-hydrogen) atoms. The molecule has 0 atom stereocenters. The van der Waals surface area contributed by atoms with Gasteiger partial charge in [0.2, 0.25) is 10.0 Å².